The maximum Gasteiger partial charge on any atom is 0.106 e. The minimum atomic E-state index is 0.720. The van der Waals surface area contributed by atoms with Crippen LogP contribution in [0, 0.1) is 0 Å². The molecular weight excluding hydrogens is 226 g/mol. The van der Waals surface area contributed by atoms with Gasteiger partial charge in [0, 0.05) is 10.9 Å². The molecule has 0 bridgehead atoms. The summed E-state index contributed by atoms with van der Waals surface area (Å²) in [6.45, 7) is 0. The number of halogens is 1. The third kappa shape index (κ3) is 2.31. The summed E-state index contributed by atoms with van der Waals surface area (Å²) in [5, 5.41) is 8.64. The lowest BCUT2D eigenvalue weighted by atomic mass is 10.2. The van der Waals surface area contributed by atoms with Crippen molar-refractivity contribution in [2.45, 2.75) is 0 Å². The van der Waals surface area contributed by atoms with Gasteiger partial charge in [-0.15, -0.1) is 0 Å². The van der Waals surface area contributed by atoms with E-state index in [-0.39, 0.29) is 0 Å². The number of nitrogens with zero attached hydrogens (tertiary/aromatic N) is 1. The van der Waals surface area contributed by atoms with E-state index in [1.54, 1.807) is 18.4 Å². The van der Waals surface area contributed by atoms with E-state index < -0.39 is 0 Å². The van der Waals surface area contributed by atoms with Crippen LogP contribution in [0.3, 0.4) is 0 Å². The van der Waals surface area contributed by atoms with Gasteiger partial charge in [0.1, 0.15) is 7.11 Å². The first-order valence-electron chi connectivity index (χ1n) is 3.07. The molecule has 0 saturated carbocycles. The lowest BCUT2D eigenvalue weighted by Gasteiger charge is -1.96. The van der Waals surface area contributed by atoms with Crippen molar-refractivity contribution in [3.63, 3.8) is 0 Å². The van der Waals surface area contributed by atoms with Gasteiger partial charge in [0.15, 0.2) is 0 Å². The molecule has 0 spiro atoms. The van der Waals surface area contributed by atoms with Crippen LogP contribution in [0.5, 0.6) is 0 Å². The lowest BCUT2D eigenvalue weighted by Crippen LogP contribution is -2.00. The lowest BCUT2D eigenvalue weighted by molar-refractivity contribution is 0.213. The second-order valence-corrected chi connectivity index (χ2v) is 3.21. The van der Waals surface area contributed by atoms with E-state index >= 15 is 0 Å². The number of alkyl halides is 1. The van der Waals surface area contributed by atoms with E-state index in [1.165, 1.54) is 0 Å². The highest BCUT2D eigenvalue weighted by atomic mass is 79.9. The van der Waals surface area contributed by atoms with Crippen LogP contribution in [0.4, 0.5) is 0 Å². The molecule has 2 nitrogen and oxygen atoms in total. The van der Waals surface area contributed by atoms with E-state index in [0.29, 0.717) is 0 Å². The molecule has 0 saturated heterocycles. The molecule has 0 N–H and O–H groups in total. The van der Waals surface area contributed by atoms with Gasteiger partial charge in [0.2, 0.25) is 0 Å². The van der Waals surface area contributed by atoms with Crippen LogP contribution in [0.1, 0.15) is 5.56 Å². The minimum absolute atomic E-state index is 0.720. The highest BCUT2D eigenvalue weighted by Gasteiger charge is 2.01. The third-order valence-corrected chi connectivity index (χ3v) is 2.40. The van der Waals surface area contributed by atoms with Gasteiger partial charge < -0.3 is 4.84 Å². The molecule has 0 fully saturated rings. The van der Waals surface area contributed by atoms with E-state index in [1.807, 2.05) is 16.8 Å². The fourth-order valence-corrected chi connectivity index (χ4v) is 1.78. The first-order chi connectivity index (χ1) is 5.38. The molecule has 0 unspecified atom stereocenters. The molecule has 1 heterocycles. The Balaban J connectivity index is 2.79. The summed E-state index contributed by atoms with van der Waals surface area (Å²) >= 11 is 4.98. The monoisotopic (exact) mass is 233 g/mol. The summed E-state index contributed by atoms with van der Waals surface area (Å²) in [6.07, 6.45) is 0. The second-order valence-electron chi connectivity index (χ2n) is 1.87. The predicted octanol–water partition coefficient (Wildman–Crippen LogP) is 2.49. The topological polar surface area (TPSA) is 21.6 Å². The van der Waals surface area contributed by atoms with Crippen molar-refractivity contribution in [3.8, 4) is 0 Å². The van der Waals surface area contributed by atoms with Crippen LogP contribution in [0.15, 0.2) is 22.0 Å². The third-order valence-electron chi connectivity index (χ3n) is 1.18. The molecule has 60 valence electrons. The van der Waals surface area contributed by atoms with Crippen LogP contribution in [0.2, 0.25) is 0 Å². The van der Waals surface area contributed by atoms with Crippen LogP contribution < -0.4 is 0 Å². The Morgan fingerprint density at radius 1 is 1.82 bits per heavy atom. The molecule has 0 amide bonds. The fraction of sp³-hybridized carbons (Fsp3) is 0.286. The molecule has 0 atom stereocenters. The van der Waals surface area contributed by atoms with Crippen molar-refractivity contribution < 1.29 is 4.84 Å². The summed E-state index contributed by atoms with van der Waals surface area (Å²) in [6, 6.07) is 2.02. The van der Waals surface area contributed by atoms with Crippen molar-refractivity contribution in [3.05, 3.63) is 22.4 Å². The van der Waals surface area contributed by atoms with Gasteiger partial charge >= 0.3 is 0 Å². The van der Waals surface area contributed by atoms with Crippen LogP contribution >= 0.6 is 27.3 Å². The highest BCUT2D eigenvalue weighted by Crippen LogP contribution is 2.09. The van der Waals surface area contributed by atoms with Crippen molar-refractivity contribution in [2.75, 3.05) is 12.4 Å². The Morgan fingerprint density at radius 3 is 3.09 bits per heavy atom. The Kier molecular flexibility index (Phi) is 3.59. The van der Waals surface area contributed by atoms with Crippen LogP contribution in [-0.4, -0.2) is 18.2 Å². The van der Waals surface area contributed by atoms with Gasteiger partial charge in [0.25, 0.3) is 0 Å². The average molecular weight is 234 g/mol. The Labute approximate surface area is 78.0 Å². The van der Waals surface area contributed by atoms with Crippen molar-refractivity contribution >= 4 is 33.0 Å². The average Bonchev–Trinajstić information content (AvgIpc) is 2.52. The second kappa shape index (κ2) is 4.51. The normalized spacial score (nSPS) is 11.6. The zero-order valence-electron chi connectivity index (χ0n) is 6.08. The molecule has 0 aliphatic carbocycles. The van der Waals surface area contributed by atoms with Gasteiger partial charge in [-0.05, 0) is 16.8 Å². The van der Waals surface area contributed by atoms with Gasteiger partial charge in [-0.1, -0.05) is 21.1 Å². The quantitative estimate of drug-likeness (QED) is 0.447. The molecule has 1 aromatic heterocycles. The maximum atomic E-state index is 4.68. The Hall–Kier alpha value is -0.350. The van der Waals surface area contributed by atoms with E-state index in [0.717, 1.165) is 16.6 Å². The molecule has 1 rings (SSSR count). The van der Waals surface area contributed by atoms with Gasteiger partial charge in [-0.25, -0.2) is 0 Å². The molecule has 0 aliphatic heterocycles. The molecule has 0 radical (unpaired) electrons. The van der Waals surface area contributed by atoms with Crippen LogP contribution in [-0.2, 0) is 4.84 Å². The van der Waals surface area contributed by atoms with Crippen molar-refractivity contribution in [1.82, 2.24) is 0 Å². The molecular formula is C7H8BrNOS. The van der Waals surface area contributed by atoms with E-state index in [9.17, 15) is 0 Å². The number of thiophene rings is 1. The minimum Gasteiger partial charge on any atom is -0.399 e. The number of hydrogen-bond donors (Lipinski definition) is 0. The zero-order chi connectivity index (χ0) is 8.10. The molecule has 1 aromatic rings. The van der Waals surface area contributed by atoms with E-state index in [4.69, 9.17) is 0 Å². The Bertz CT molecular complexity index is 233. The number of rotatable bonds is 3. The number of hydrogen-bond acceptors (Lipinski definition) is 3. The largest absolute Gasteiger partial charge is 0.399 e. The summed E-state index contributed by atoms with van der Waals surface area (Å²) < 4.78 is 0. The molecule has 0 aromatic carbocycles. The number of oxime groups is 1. The summed E-state index contributed by atoms with van der Waals surface area (Å²) in [5.74, 6) is 0. The standard InChI is InChI=1S/C7H8BrNOS/c1-10-9-7(4-8)6-2-3-11-5-6/h2-3,5H,4H2,1H3/b9-7-. The SMILES string of the molecule is CO/N=C(/CBr)c1ccsc1. The maximum absolute atomic E-state index is 4.68. The zero-order valence-corrected chi connectivity index (χ0v) is 8.48. The van der Waals surface area contributed by atoms with Crippen molar-refractivity contribution in [2.24, 2.45) is 5.16 Å². The smallest absolute Gasteiger partial charge is 0.106 e. The predicted molar refractivity (Wildman–Crippen MR) is 51.7 cm³/mol. The van der Waals surface area contributed by atoms with Gasteiger partial charge in [-0.2, -0.15) is 11.3 Å². The summed E-state index contributed by atoms with van der Waals surface area (Å²) in [5.41, 5.74) is 2.04. The van der Waals surface area contributed by atoms with Crippen LogP contribution in [0.25, 0.3) is 0 Å². The van der Waals surface area contributed by atoms with Gasteiger partial charge in [0.05, 0.1) is 5.71 Å². The summed E-state index contributed by atoms with van der Waals surface area (Å²) in [4.78, 5) is 4.68. The first-order valence-corrected chi connectivity index (χ1v) is 5.13. The molecule has 11 heavy (non-hydrogen) atoms. The molecule has 4 heteroatoms. The highest BCUT2D eigenvalue weighted by molar-refractivity contribution is 9.09. The molecule has 0 aliphatic rings. The van der Waals surface area contributed by atoms with Crippen molar-refractivity contribution in [1.29, 1.82) is 0 Å². The van der Waals surface area contributed by atoms with Gasteiger partial charge in [-0.3, -0.25) is 0 Å². The summed E-state index contributed by atoms with van der Waals surface area (Å²) in [7, 11) is 1.55. The fourth-order valence-electron chi connectivity index (χ4n) is 0.693. The van der Waals surface area contributed by atoms with E-state index in [2.05, 4.69) is 25.9 Å². The Morgan fingerprint density at radius 2 is 2.64 bits per heavy atom. The first kappa shape index (κ1) is 8.74.